The van der Waals surface area contributed by atoms with Crippen molar-refractivity contribution in [1.82, 2.24) is 25.1 Å². The number of rotatable bonds is 6. The molecule has 0 unspecified atom stereocenters. The van der Waals surface area contributed by atoms with Crippen molar-refractivity contribution in [2.24, 2.45) is 0 Å². The smallest absolute Gasteiger partial charge is 0.265 e. The fourth-order valence-corrected chi connectivity index (χ4v) is 5.16. The van der Waals surface area contributed by atoms with E-state index >= 15 is 0 Å². The van der Waals surface area contributed by atoms with Gasteiger partial charge in [-0.1, -0.05) is 18.2 Å². The summed E-state index contributed by atoms with van der Waals surface area (Å²) in [6.07, 6.45) is 6.01. The maximum atomic E-state index is 12.9. The van der Waals surface area contributed by atoms with Gasteiger partial charge in [-0.3, -0.25) is 9.89 Å². The predicted molar refractivity (Wildman–Crippen MR) is 148 cm³/mol. The molecule has 0 radical (unpaired) electrons. The van der Waals surface area contributed by atoms with E-state index in [1.54, 1.807) is 18.5 Å². The molecule has 37 heavy (non-hydrogen) atoms. The van der Waals surface area contributed by atoms with E-state index in [0.29, 0.717) is 22.8 Å². The number of hydrogen-bond donors (Lipinski definition) is 2. The number of fused-ring (bicyclic) bond motifs is 2. The third-order valence-electron chi connectivity index (χ3n) is 6.07. The minimum absolute atomic E-state index is 0.147. The number of thiophene rings is 1. The van der Waals surface area contributed by atoms with Crippen molar-refractivity contribution in [3.05, 3.63) is 95.4 Å². The van der Waals surface area contributed by atoms with Crippen LogP contribution in [0.1, 0.15) is 20.9 Å². The highest BCUT2D eigenvalue weighted by Crippen LogP contribution is 2.30. The highest BCUT2D eigenvalue weighted by atomic mass is 32.1. The average molecular weight is 506 g/mol. The average Bonchev–Trinajstić information content (AvgIpc) is 3.55. The van der Waals surface area contributed by atoms with Crippen LogP contribution in [0.25, 0.3) is 32.4 Å². The SMILES string of the molecule is CN(C)c1cc(NC(=O)c2cc3ccc(-c4nccc(Cc5ccc6[nH]ncc6c5)n4)cc3s2)ccn1. The van der Waals surface area contributed by atoms with E-state index in [0.717, 1.165) is 43.6 Å². The van der Waals surface area contributed by atoms with E-state index in [-0.39, 0.29) is 5.91 Å². The first kappa shape index (κ1) is 22.8. The molecule has 0 spiro atoms. The number of hydrogen-bond acceptors (Lipinski definition) is 7. The highest BCUT2D eigenvalue weighted by molar-refractivity contribution is 7.21. The second-order valence-corrected chi connectivity index (χ2v) is 10.0. The van der Waals surface area contributed by atoms with Gasteiger partial charge in [-0.2, -0.15) is 5.10 Å². The molecule has 1 amide bonds. The molecule has 6 aromatic rings. The topological polar surface area (TPSA) is 99.7 Å². The van der Waals surface area contributed by atoms with Gasteiger partial charge in [-0.05, 0) is 47.3 Å². The van der Waals surface area contributed by atoms with Gasteiger partial charge in [-0.15, -0.1) is 11.3 Å². The fourth-order valence-electron chi connectivity index (χ4n) is 4.16. The van der Waals surface area contributed by atoms with Gasteiger partial charge in [0.25, 0.3) is 5.91 Å². The van der Waals surface area contributed by atoms with Crippen molar-refractivity contribution in [2.75, 3.05) is 24.3 Å². The number of nitrogens with zero attached hydrogens (tertiary/aromatic N) is 5. The van der Waals surface area contributed by atoms with Crippen LogP contribution in [-0.4, -0.2) is 45.2 Å². The first-order chi connectivity index (χ1) is 18.0. The van der Waals surface area contributed by atoms with E-state index in [1.807, 2.05) is 67.7 Å². The van der Waals surface area contributed by atoms with Crippen molar-refractivity contribution in [1.29, 1.82) is 0 Å². The van der Waals surface area contributed by atoms with Crippen LogP contribution in [-0.2, 0) is 6.42 Å². The lowest BCUT2D eigenvalue weighted by atomic mass is 10.1. The Balaban J connectivity index is 1.23. The van der Waals surface area contributed by atoms with Crippen molar-refractivity contribution in [3.8, 4) is 11.4 Å². The zero-order valence-electron chi connectivity index (χ0n) is 20.3. The molecule has 0 fully saturated rings. The van der Waals surface area contributed by atoms with Gasteiger partial charge < -0.3 is 10.2 Å². The van der Waals surface area contributed by atoms with Gasteiger partial charge in [0.15, 0.2) is 5.82 Å². The zero-order chi connectivity index (χ0) is 25.4. The maximum absolute atomic E-state index is 12.9. The summed E-state index contributed by atoms with van der Waals surface area (Å²) in [7, 11) is 3.83. The number of benzene rings is 2. The lowest BCUT2D eigenvalue weighted by Crippen LogP contribution is -2.13. The summed E-state index contributed by atoms with van der Waals surface area (Å²) in [6.45, 7) is 0. The van der Waals surface area contributed by atoms with Gasteiger partial charge in [-0.25, -0.2) is 15.0 Å². The van der Waals surface area contributed by atoms with Crippen LogP contribution in [0.4, 0.5) is 11.5 Å². The van der Waals surface area contributed by atoms with Crippen molar-refractivity contribution in [3.63, 3.8) is 0 Å². The second-order valence-electron chi connectivity index (χ2n) is 8.95. The Bertz CT molecular complexity index is 1750. The number of carbonyl (C=O) groups excluding carboxylic acids is 1. The van der Waals surface area contributed by atoms with Crippen LogP contribution in [0, 0.1) is 0 Å². The number of amides is 1. The number of anilines is 2. The van der Waals surface area contributed by atoms with E-state index in [9.17, 15) is 4.79 Å². The van der Waals surface area contributed by atoms with Crippen LogP contribution >= 0.6 is 11.3 Å². The molecule has 0 aliphatic carbocycles. The Labute approximate surface area is 217 Å². The Hall–Kier alpha value is -4.63. The zero-order valence-corrected chi connectivity index (χ0v) is 21.1. The molecular weight excluding hydrogens is 482 g/mol. The Morgan fingerprint density at radius 2 is 1.86 bits per heavy atom. The normalized spacial score (nSPS) is 11.2. The standard InChI is InChI=1S/C28H23N7OS/c1-35(2)26-15-22(7-9-29-26)33-28(36)25-13-18-4-5-19(14-24(18)37-25)27-30-10-8-21(32-27)12-17-3-6-23-20(11-17)16-31-34-23/h3-11,13-16H,12H2,1-2H3,(H,31,34)(H,29,33,36). The first-order valence-corrected chi connectivity index (χ1v) is 12.6. The lowest BCUT2D eigenvalue weighted by Gasteiger charge is -2.12. The molecule has 4 heterocycles. The molecule has 0 atom stereocenters. The second kappa shape index (κ2) is 9.44. The van der Waals surface area contributed by atoms with Crippen LogP contribution in [0.3, 0.4) is 0 Å². The molecule has 2 aromatic carbocycles. The van der Waals surface area contributed by atoms with Crippen LogP contribution in [0.15, 0.2) is 79.3 Å². The van der Waals surface area contributed by atoms with Gasteiger partial charge in [0.2, 0.25) is 0 Å². The van der Waals surface area contributed by atoms with Gasteiger partial charge in [0, 0.05) is 66.0 Å². The molecule has 182 valence electrons. The van der Waals surface area contributed by atoms with E-state index in [2.05, 4.69) is 37.6 Å². The van der Waals surface area contributed by atoms with Gasteiger partial charge in [0.05, 0.1) is 16.6 Å². The largest absolute Gasteiger partial charge is 0.363 e. The van der Waals surface area contributed by atoms with Crippen molar-refractivity contribution < 1.29 is 4.79 Å². The number of aromatic nitrogens is 5. The van der Waals surface area contributed by atoms with E-state index in [1.165, 1.54) is 11.3 Å². The summed E-state index contributed by atoms with van der Waals surface area (Å²) in [4.78, 5) is 29.1. The number of aromatic amines is 1. The monoisotopic (exact) mass is 505 g/mol. The summed E-state index contributed by atoms with van der Waals surface area (Å²) < 4.78 is 1.01. The van der Waals surface area contributed by atoms with Crippen LogP contribution < -0.4 is 10.2 Å². The molecule has 0 saturated heterocycles. The summed E-state index contributed by atoms with van der Waals surface area (Å²) >= 11 is 1.45. The number of carbonyl (C=O) groups is 1. The van der Waals surface area contributed by atoms with Crippen molar-refractivity contribution >= 4 is 49.7 Å². The number of H-pyrrole nitrogens is 1. The highest BCUT2D eigenvalue weighted by Gasteiger charge is 2.13. The number of nitrogens with one attached hydrogen (secondary N) is 2. The third-order valence-corrected chi connectivity index (χ3v) is 7.16. The summed E-state index contributed by atoms with van der Waals surface area (Å²) in [5.41, 5.74) is 4.74. The summed E-state index contributed by atoms with van der Waals surface area (Å²) in [5.74, 6) is 1.30. The molecule has 0 saturated carbocycles. The molecule has 9 heteroatoms. The quantitative estimate of drug-likeness (QED) is 0.308. The fraction of sp³-hybridized carbons (Fsp3) is 0.107. The molecule has 0 aliphatic heterocycles. The first-order valence-electron chi connectivity index (χ1n) is 11.7. The number of pyridine rings is 1. The van der Waals surface area contributed by atoms with Crippen molar-refractivity contribution in [2.45, 2.75) is 6.42 Å². The summed E-state index contributed by atoms with van der Waals surface area (Å²) in [6, 6.07) is 19.8. The van der Waals surface area contributed by atoms with E-state index < -0.39 is 0 Å². The van der Waals surface area contributed by atoms with Crippen LogP contribution in [0.2, 0.25) is 0 Å². The lowest BCUT2D eigenvalue weighted by molar-refractivity contribution is 0.103. The molecule has 0 bridgehead atoms. The molecule has 0 aliphatic rings. The molecule has 8 nitrogen and oxygen atoms in total. The Morgan fingerprint density at radius 3 is 2.76 bits per heavy atom. The third kappa shape index (κ3) is 4.76. The van der Waals surface area contributed by atoms with E-state index in [4.69, 9.17) is 4.98 Å². The Kier molecular flexibility index (Phi) is 5.82. The Morgan fingerprint density at radius 1 is 0.973 bits per heavy atom. The molecule has 4 aromatic heterocycles. The predicted octanol–water partition coefficient (Wildman–Crippen LogP) is 5.54. The molecule has 6 rings (SSSR count). The maximum Gasteiger partial charge on any atom is 0.265 e. The minimum Gasteiger partial charge on any atom is -0.363 e. The minimum atomic E-state index is -0.147. The van der Waals surface area contributed by atoms with Gasteiger partial charge >= 0.3 is 0 Å². The van der Waals surface area contributed by atoms with Gasteiger partial charge in [0.1, 0.15) is 5.82 Å². The summed E-state index contributed by atoms with van der Waals surface area (Å²) in [5, 5.41) is 12.1. The molecular formula is C28H23N7OS. The molecule has 2 N–H and O–H groups in total. The van der Waals surface area contributed by atoms with Crippen LogP contribution in [0.5, 0.6) is 0 Å².